The van der Waals surface area contributed by atoms with E-state index in [4.69, 9.17) is 0 Å². The number of carbonyl (C=O) groups excluding carboxylic acids is 1. The number of nitrogens with one attached hydrogen (secondary N) is 1. The van der Waals surface area contributed by atoms with Crippen LogP contribution in [0.1, 0.15) is 75.0 Å². The molecule has 3 heteroatoms. The molecule has 100 valence electrons. The van der Waals surface area contributed by atoms with E-state index in [-0.39, 0.29) is 11.9 Å². The van der Waals surface area contributed by atoms with Gasteiger partial charge in [-0.25, -0.2) is 0 Å². The smallest absolute Gasteiger partial charge is 0.253 e. The standard InChI is InChI=1S/C15H24N2O/c1-9(2)12-7-14(10(3)4)16-8-13(12)15(18)17-11(5)6/h7-11H,1-6H3,(H,17,18). The predicted molar refractivity (Wildman–Crippen MR) is 75.0 cm³/mol. The van der Waals surface area contributed by atoms with Crippen molar-refractivity contribution in [3.05, 3.63) is 29.1 Å². The van der Waals surface area contributed by atoms with Crippen LogP contribution in [0.2, 0.25) is 0 Å². The zero-order valence-electron chi connectivity index (χ0n) is 12.2. The van der Waals surface area contributed by atoms with E-state index in [1.807, 2.05) is 13.8 Å². The van der Waals surface area contributed by atoms with Crippen LogP contribution in [0.4, 0.5) is 0 Å². The Morgan fingerprint density at radius 2 is 1.72 bits per heavy atom. The summed E-state index contributed by atoms with van der Waals surface area (Å²) >= 11 is 0. The summed E-state index contributed by atoms with van der Waals surface area (Å²) < 4.78 is 0. The van der Waals surface area contributed by atoms with Gasteiger partial charge in [0.2, 0.25) is 0 Å². The molecule has 0 aliphatic rings. The Hall–Kier alpha value is -1.38. The molecule has 0 atom stereocenters. The third kappa shape index (κ3) is 3.56. The summed E-state index contributed by atoms with van der Waals surface area (Å²) in [6, 6.07) is 2.20. The van der Waals surface area contributed by atoms with E-state index >= 15 is 0 Å². The maximum Gasteiger partial charge on any atom is 0.253 e. The van der Waals surface area contributed by atoms with E-state index in [0.717, 1.165) is 11.3 Å². The predicted octanol–water partition coefficient (Wildman–Crippen LogP) is 3.47. The first-order valence-corrected chi connectivity index (χ1v) is 6.63. The van der Waals surface area contributed by atoms with Gasteiger partial charge < -0.3 is 5.32 Å². The summed E-state index contributed by atoms with van der Waals surface area (Å²) in [5.41, 5.74) is 2.81. The summed E-state index contributed by atoms with van der Waals surface area (Å²) in [5, 5.41) is 2.92. The number of aromatic nitrogens is 1. The molecule has 0 saturated carbocycles. The number of rotatable bonds is 4. The Morgan fingerprint density at radius 3 is 2.17 bits per heavy atom. The lowest BCUT2D eigenvalue weighted by atomic mass is 9.95. The molecule has 0 fully saturated rings. The average Bonchev–Trinajstić information content (AvgIpc) is 2.26. The van der Waals surface area contributed by atoms with E-state index < -0.39 is 0 Å². The lowest BCUT2D eigenvalue weighted by Gasteiger charge is -2.16. The Bertz CT molecular complexity index is 423. The second-order valence-corrected chi connectivity index (χ2v) is 5.63. The third-order valence-corrected chi connectivity index (χ3v) is 2.84. The van der Waals surface area contributed by atoms with Crippen LogP contribution >= 0.6 is 0 Å². The molecular formula is C15H24N2O. The van der Waals surface area contributed by atoms with Crippen molar-refractivity contribution in [2.75, 3.05) is 0 Å². The van der Waals surface area contributed by atoms with Crippen molar-refractivity contribution < 1.29 is 4.79 Å². The molecule has 1 rings (SSSR count). The molecule has 1 N–H and O–H groups in total. The number of hydrogen-bond donors (Lipinski definition) is 1. The molecule has 0 unspecified atom stereocenters. The topological polar surface area (TPSA) is 42.0 Å². The molecule has 3 nitrogen and oxygen atoms in total. The molecule has 1 heterocycles. The zero-order chi connectivity index (χ0) is 13.9. The Labute approximate surface area is 110 Å². The van der Waals surface area contributed by atoms with Crippen LogP contribution in [0.25, 0.3) is 0 Å². The molecule has 18 heavy (non-hydrogen) atoms. The molecule has 0 bridgehead atoms. The fourth-order valence-electron chi connectivity index (χ4n) is 1.81. The van der Waals surface area contributed by atoms with Crippen LogP contribution in [0.15, 0.2) is 12.3 Å². The molecule has 1 aromatic rings. The van der Waals surface area contributed by atoms with Gasteiger partial charge >= 0.3 is 0 Å². The molecule has 0 radical (unpaired) electrons. The van der Waals surface area contributed by atoms with Crippen molar-refractivity contribution in [2.45, 2.75) is 59.4 Å². The van der Waals surface area contributed by atoms with Gasteiger partial charge in [-0.15, -0.1) is 0 Å². The van der Waals surface area contributed by atoms with E-state index in [9.17, 15) is 4.79 Å². The van der Waals surface area contributed by atoms with Gasteiger partial charge in [-0.2, -0.15) is 0 Å². The summed E-state index contributed by atoms with van der Waals surface area (Å²) in [6.45, 7) is 12.4. The quantitative estimate of drug-likeness (QED) is 0.886. The number of nitrogens with zero attached hydrogens (tertiary/aromatic N) is 1. The highest BCUT2D eigenvalue weighted by atomic mass is 16.1. The SMILES string of the molecule is CC(C)NC(=O)c1cnc(C(C)C)cc1C(C)C. The van der Waals surface area contributed by atoms with Crippen LogP contribution in [0, 0.1) is 0 Å². The normalized spacial score (nSPS) is 11.4. The molecule has 0 aliphatic carbocycles. The maximum absolute atomic E-state index is 12.1. The van der Waals surface area contributed by atoms with Gasteiger partial charge in [-0.3, -0.25) is 9.78 Å². The summed E-state index contributed by atoms with van der Waals surface area (Å²) in [5.74, 6) is 0.666. The van der Waals surface area contributed by atoms with Crippen LogP contribution in [-0.4, -0.2) is 16.9 Å². The Balaban J connectivity index is 3.15. The lowest BCUT2D eigenvalue weighted by molar-refractivity contribution is 0.0941. The van der Waals surface area contributed by atoms with Crippen molar-refractivity contribution >= 4 is 5.91 Å². The van der Waals surface area contributed by atoms with Gasteiger partial charge in [0.05, 0.1) is 5.56 Å². The van der Waals surface area contributed by atoms with Crippen molar-refractivity contribution in [1.82, 2.24) is 10.3 Å². The minimum Gasteiger partial charge on any atom is -0.350 e. The first kappa shape index (κ1) is 14.7. The fourth-order valence-corrected chi connectivity index (χ4v) is 1.81. The minimum absolute atomic E-state index is 0.0310. The summed E-state index contributed by atoms with van der Waals surface area (Å²) in [6.07, 6.45) is 1.71. The van der Waals surface area contributed by atoms with Crippen molar-refractivity contribution in [3.63, 3.8) is 0 Å². The largest absolute Gasteiger partial charge is 0.350 e. The third-order valence-electron chi connectivity index (χ3n) is 2.84. The average molecular weight is 248 g/mol. The van der Waals surface area contributed by atoms with Gasteiger partial charge in [0.1, 0.15) is 0 Å². The zero-order valence-corrected chi connectivity index (χ0v) is 12.2. The van der Waals surface area contributed by atoms with E-state index in [1.165, 1.54) is 0 Å². The van der Waals surface area contributed by atoms with Crippen LogP contribution < -0.4 is 5.32 Å². The van der Waals surface area contributed by atoms with Crippen LogP contribution in [0.3, 0.4) is 0 Å². The summed E-state index contributed by atoms with van der Waals surface area (Å²) in [7, 11) is 0. The highest BCUT2D eigenvalue weighted by Gasteiger charge is 2.16. The first-order chi connectivity index (χ1) is 8.32. The molecular weight excluding hydrogens is 224 g/mol. The lowest BCUT2D eigenvalue weighted by Crippen LogP contribution is -2.31. The second-order valence-electron chi connectivity index (χ2n) is 5.63. The number of carbonyl (C=O) groups is 1. The van der Waals surface area contributed by atoms with E-state index in [0.29, 0.717) is 17.4 Å². The molecule has 0 aromatic carbocycles. The van der Waals surface area contributed by atoms with Gasteiger partial charge in [0, 0.05) is 17.9 Å². The number of hydrogen-bond acceptors (Lipinski definition) is 2. The van der Waals surface area contributed by atoms with Crippen molar-refractivity contribution in [2.24, 2.45) is 0 Å². The molecule has 0 aliphatic heterocycles. The number of amides is 1. The van der Waals surface area contributed by atoms with Gasteiger partial charge in [0.25, 0.3) is 5.91 Å². The molecule has 0 spiro atoms. The Kier molecular flexibility index (Phi) is 4.88. The Morgan fingerprint density at radius 1 is 1.11 bits per heavy atom. The highest BCUT2D eigenvalue weighted by molar-refractivity contribution is 5.95. The fraction of sp³-hybridized carbons (Fsp3) is 0.600. The van der Waals surface area contributed by atoms with Gasteiger partial charge in [-0.1, -0.05) is 27.7 Å². The highest BCUT2D eigenvalue weighted by Crippen LogP contribution is 2.23. The molecule has 1 amide bonds. The van der Waals surface area contributed by atoms with Crippen molar-refractivity contribution in [1.29, 1.82) is 0 Å². The summed E-state index contributed by atoms with van der Waals surface area (Å²) in [4.78, 5) is 16.5. The van der Waals surface area contributed by atoms with E-state index in [2.05, 4.69) is 44.1 Å². The van der Waals surface area contributed by atoms with Gasteiger partial charge in [-0.05, 0) is 37.3 Å². The molecule has 0 saturated heterocycles. The maximum atomic E-state index is 12.1. The first-order valence-electron chi connectivity index (χ1n) is 6.63. The molecule has 1 aromatic heterocycles. The monoisotopic (exact) mass is 248 g/mol. The van der Waals surface area contributed by atoms with Crippen LogP contribution in [-0.2, 0) is 0 Å². The van der Waals surface area contributed by atoms with E-state index in [1.54, 1.807) is 6.20 Å². The number of pyridine rings is 1. The van der Waals surface area contributed by atoms with Crippen LogP contribution in [0.5, 0.6) is 0 Å². The minimum atomic E-state index is -0.0310. The van der Waals surface area contributed by atoms with Crippen molar-refractivity contribution in [3.8, 4) is 0 Å². The second kappa shape index (κ2) is 5.98. The van der Waals surface area contributed by atoms with Gasteiger partial charge in [0.15, 0.2) is 0 Å².